The molecule has 0 N–H and O–H groups in total. The normalized spacial score (nSPS) is 11.5. The number of hydrogen-bond donors (Lipinski definition) is 0. The first-order valence-electron chi connectivity index (χ1n) is 4.88. The van der Waals surface area contributed by atoms with Gasteiger partial charge in [0.1, 0.15) is 0 Å². The Morgan fingerprint density at radius 1 is 1.23 bits per heavy atom. The highest BCUT2D eigenvalue weighted by Crippen LogP contribution is 2.20. The summed E-state index contributed by atoms with van der Waals surface area (Å²) in [5.74, 6) is 0.616. The van der Waals surface area contributed by atoms with E-state index >= 15 is 0 Å². The van der Waals surface area contributed by atoms with Crippen LogP contribution in [0.3, 0.4) is 0 Å². The molecule has 0 heterocycles. The van der Waals surface area contributed by atoms with E-state index in [-0.39, 0.29) is 0 Å². The molecule has 0 aliphatic heterocycles. The van der Waals surface area contributed by atoms with Crippen LogP contribution in [-0.2, 0) is 0 Å². The molecule has 13 heavy (non-hydrogen) atoms. The number of hydrogen-bond acceptors (Lipinski definition) is 0. The molecule has 1 rings (SSSR count). The zero-order valence-corrected chi connectivity index (χ0v) is 8.96. The summed E-state index contributed by atoms with van der Waals surface area (Å²) in [5.41, 5.74) is 4.15. The average Bonchev–Trinajstić information content (AvgIpc) is 2.08. The lowest BCUT2D eigenvalue weighted by Crippen LogP contribution is -1.92. The minimum atomic E-state index is 0.616. The lowest BCUT2D eigenvalue weighted by atomic mass is 9.96. The second-order valence-corrected chi connectivity index (χ2v) is 3.77. The van der Waals surface area contributed by atoms with E-state index in [0.29, 0.717) is 5.92 Å². The van der Waals surface area contributed by atoms with Gasteiger partial charge in [0.05, 0.1) is 0 Å². The van der Waals surface area contributed by atoms with Gasteiger partial charge >= 0.3 is 0 Å². The minimum absolute atomic E-state index is 0.616. The van der Waals surface area contributed by atoms with Crippen LogP contribution in [0.2, 0.25) is 0 Å². The predicted octanol–water partition coefficient (Wildman–Crippen LogP) is 4.15. The summed E-state index contributed by atoms with van der Waals surface area (Å²) in [5, 5.41) is 0. The summed E-state index contributed by atoms with van der Waals surface area (Å²) in [6, 6.07) is 6.64. The first-order valence-corrected chi connectivity index (χ1v) is 4.88. The van der Waals surface area contributed by atoms with E-state index < -0.39 is 0 Å². The molecule has 0 saturated heterocycles. The largest absolute Gasteiger partial charge is 0.0871 e. The summed E-state index contributed by atoms with van der Waals surface area (Å²) in [4.78, 5) is 0. The molecule has 1 aromatic carbocycles. The van der Waals surface area contributed by atoms with Crippen LogP contribution in [0, 0.1) is 6.92 Å². The van der Waals surface area contributed by atoms with Crippen LogP contribution < -0.4 is 0 Å². The van der Waals surface area contributed by atoms with E-state index in [1.807, 2.05) is 0 Å². The quantitative estimate of drug-likeness (QED) is 0.631. The Morgan fingerprint density at radius 2 is 1.92 bits per heavy atom. The molecule has 0 bridgehead atoms. The zero-order chi connectivity index (χ0) is 9.84. The van der Waals surface area contributed by atoms with E-state index in [2.05, 4.69) is 58.0 Å². The van der Waals surface area contributed by atoms with E-state index in [9.17, 15) is 0 Å². The molecule has 0 saturated carbocycles. The summed E-state index contributed by atoms with van der Waals surface area (Å²) in [6.07, 6.45) is 4.22. The maximum Gasteiger partial charge on any atom is -0.0216 e. The van der Waals surface area contributed by atoms with Crippen molar-refractivity contribution in [2.24, 2.45) is 0 Å². The smallest absolute Gasteiger partial charge is 0.0216 e. The Labute approximate surface area is 81.3 Å². The Morgan fingerprint density at radius 3 is 2.46 bits per heavy atom. The second-order valence-electron chi connectivity index (χ2n) is 3.77. The van der Waals surface area contributed by atoms with Gasteiger partial charge in [0.2, 0.25) is 0 Å². The van der Waals surface area contributed by atoms with Crippen LogP contribution in [0.15, 0.2) is 24.3 Å². The molecule has 0 nitrogen and oxygen atoms in total. The summed E-state index contributed by atoms with van der Waals surface area (Å²) >= 11 is 0. The molecule has 0 unspecified atom stereocenters. The van der Waals surface area contributed by atoms with Crippen LogP contribution >= 0.6 is 0 Å². The average molecular weight is 174 g/mol. The third-order valence-electron chi connectivity index (χ3n) is 2.28. The predicted molar refractivity (Wildman–Crippen MR) is 60.0 cm³/mol. The van der Waals surface area contributed by atoms with Crippen LogP contribution in [0.4, 0.5) is 0 Å². The second kappa shape index (κ2) is 4.27. The Hall–Kier alpha value is -1.04. The standard InChI is InChI=1S/C13H18/c1-5-6-12-8-7-11(4)13(9-12)10(2)3/h5-10H,1-4H3/b6-5+. The van der Waals surface area contributed by atoms with Gasteiger partial charge in [0.15, 0.2) is 0 Å². The highest BCUT2D eigenvalue weighted by Gasteiger charge is 2.02. The fourth-order valence-electron chi connectivity index (χ4n) is 1.58. The van der Waals surface area contributed by atoms with Crippen molar-refractivity contribution in [1.82, 2.24) is 0 Å². The van der Waals surface area contributed by atoms with Crippen LogP contribution in [0.25, 0.3) is 6.08 Å². The summed E-state index contributed by atoms with van der Waals surface area (Å²) in [7, 11) is 0. The van der Waals surface area contributed by atoms with E-state index in [1.54, 1.807) is 0 Å². The molecule has 0 fully saturated rings. The topological polar surface area (TPSA) is 0 Å². The molecule has 0 aliphatic carbocycles. The van der Waals surface area contributed by atoms with Crippen molar-refractivity contribution in [3.8, 4) is 0 Å². The van der Waals surface area contributed by atoms with Gasteiger partial charge < -0.3 is 0 Å². The van der Waals surface area contributed by atoms with Gasteiger partial charge in [-0.25, -0.2) is 0 Å². The Bertz CT molecular complexity index is 306. The van der Waals surface area contributed by atoms with Crippen molar-refractivity contribution in [3.63, 3.8) is 0 Å². The lowest BCUT2D eigenvalue weighted by molar-refractivity contribution is 0.856. The molecule has 70 valence electrons. The molecule has 0 atom stereocenters. The maximum atomic E-state index is 2.28. The van der Waals surface area contributed by atoms with Gasteiger partial charge in [-0.1, -0.05) is 44.2 Å². The third-order valence-corrected chi connectivity index (χ3v) is 2.28. The summed E-state index contributed by atoms with van der Waals surface area (Å²) in [6.45, 7) is 8.70. The molecular weight excluding hydrogens is 156 g/mol. The molecule has 0 amide bonds. The van der Waals surface area contributed by atoms with Crippen molar-refractivity contribution in [3.05, 3.63) is 41.0 Å². The highest BCUT2D eigenvalue weighted by molar-refractivity contribution is 5.51. The van der Waals surface area contributed by atoms with Gasteiger partial charge in [-0.3, -0.25) is 0 Å². The van der Waals surface area contributed by atoms with Crippen molar-refractivity contribution in [2.75, 3.05) is 0 Å². The van der Waals surface area contributed by atoms with Crippen LogP contribution in [0.5, 0.6) is 0 Å². The lowest BCUT2D eigenvalue weighted by Gasteiger charge is -2.10. The zero-order valence-electron chi connectivity index (χ0n) is 8.96. The molecule has 1 aromatic rings. The Kier molecular flexibility index (Phi) is 3.30. The van der Waals surface area contributed by atoms with Crippen LogP contribution in [-0.4, -0.2) is 0 Å². The molecule has 0 heteroatoms. The monoisotopic (exact) mass is 174 g/mol. The van der Waals surface area contributed by atoms with Crippen molar-refractivity contribution >= 4 is 6.08 Å². The van der Waals surface area contributed by atoms with Gasteiger partial charge in [-0.2, -0.15) is 0 Å². The molecule has 0 aliphatic rings. The first-order chi connectivity index (χ1) is 6.15. The van der Waals surface area contributed by atoms with Crippen molar-refractivity contribution in [2.45, 2.75) is 33.6 Å². The van der Waals surface area contributed by atoms with Gasteiger partial charge in [-0.15, -0.1) is 0 Å². The number of aryl methyl sites for hydroxylation is 1. The highest BCUT2D eigenvalue weighted by atomic mass is 14.1. The van der Waals surface area contributed by atoms with Gasteiger partial charge in [-0.05, 0) is 36.5 Å². The van der Waals surface area contributed by atoms with Crippen molar-refractivity contribution in [1.29, 1.82) is 0 Å². The minimum Gasteiger partial charge on any atom is -0.0871 e. The molecule has 0 radical (unpaired) electrons. The van der Waals surface area contributed by atoms with Crippen LogP contribution in [0.1, 0.15) is 43.4 Å². The van der Waals surface area contributed by atoms with E-state index in [0.717, 1.165) is 0 Å². The van der Waals surface area contributed by atoms with Gasteiger partial charge in [0, 0.05) is 0 Å². The number of benzene rings is 1. The van der Waals surface area contributed by atoms with Crippen molar-refractivity contribution < 1.29 is 0 Å². The number of rotatable bonds is 2. The third kappa shape index (κ3) is 2.45. The maximum absolute atomic E-state index is 2.28. The Balaban J connectivity index is 3.11. The number of allylic oxidation sites excluding steroid dienone is 1. The van der Waals surface area contributed by atoms with E-state index in [4.69, 9.17) is 0 Å². The summed E-state index contributed by atoms with van der Waals surface area (Å²) < 4.78 is 0. The SMILES string of the molecule is C/C=C/c1ccc(C)c(C(C)C)c1. The van der Waals surface area contributed by atoms with E-state index in [1.165, 1.54) is 16.7 Å². The molecular formula is C13H18. The first kappa shape index (κ1) is 10.0. The van der Waals surface area contributed by atoms with Gasteiger partial charge in [0.25, 0.3) is 0 Å². The fraction of sp³-hybridized carbons (Fsp3) is 0.385. The fourth-order valence-corrected chi connectivity index (χ4v) is 1.58. The molecule has 0 aromatic heterocycles. The molecule has 0 spiro atoms.